The monoisotopic (exact) mass is 292 g/mol. The van der Waals surface area contributed by atoms with Gasteiger partial charge in [-0.2, -0.15) is 0 Å². The fourth-order valence-corrected chi connectivity index (χ4v) is 2.65. The molecular weight excluding hydrogens is 264 g/mol. The van der Waals surface area contributed by atoms with Crippen LogP contribution in [0.5, 0.6) is 0 Å². The summed E-state index contributed by atoms with van der Waals surface area (Å²) < 4.78 is 5.75. The third-order valence-electron chi connectivity index (χ3n) is 4.17. The molecule has 0 aliphatic carbocycles. The van der Waals surface area contributed by atoms with E-state index in [1.165, 1.54) is 0 Å². The van der Waals surface area contributed by atoms with Crippen molar-refractivity contribution in [3.63, 3.8) is 0 Å². The molecule has 1 aromatic rings. The van der Waals surface area contributed by atoms with Crippen LogP contribution in [0, 0.1) is 0 Å². The van der Waals surface area contributed by atoms with E-state index in [9.17, 15) is 5.11 Å². The molecule has 4 nitrogen and oxygen atoms in total. The maximum Gasteiger partial charge on any atom is 0.0898 e. The summed E-state index contributed by atoms with van der Waals surface area (Å²) in [4.78, 5) is 2.35. The molecule has 1 fully saturated rings. The van der Waals surface area contributed by atoms with Crippen molar-refractivity contribution in [2.75, 3.05) is 33.3 Å². The number of benzene rings is 1. The van der Waals surface area contributed by atoms with Gasteiger partial charge in [0.05, 0.1) is 18.8 Å². The van der Waals surface area contributed by atoms with Crippen LogP contribution in [-0.2, 0) is 4.74 Å². The van der Waals surface area contributed by atoms with Crippen molar-refractivity contribution in [3.05, 3.63) is 35.9 Å². The highest BCUT2D eigenvalue weighted by Crippen LogP contribution is 2.16. The molecule has 0 saturated carbocycles. The van der Waals surface area contributed by atoms with E-state index in [-0.39, 0.29) is 6.10 Å². The van der Waals surface area contributed by atoms with Gasteiger partial charge in [0, 0.05) is 12.6 Å². The number of rotatable bonds is 7. The SMILES string of the molecule is CC(OCC(O)CNC1CCN(C)CC1)c1ccccc1. The van der Waals surface area contributed by atoms with Crippen molar-refractivity contribution in [2.45, 2.75) is 38.0 Å². The Morgan fingerprint density at radius 2 is 1.95 bits per heavy atom. The van der Waals surface area contributed by atoms with Crippen LogP contribution in [0.25, 0.3) is 0 Å². The molecule has 21 heavy (non-hydrogen) atoms. The molecule has 2 N–H and O–H groups in total. The zero-order valence-electron chi connectivity index (χ0n) is 13.2. The predicted octanol–water partition coefficient (Wildman–Crippen LogP) is 1.81. The summed E-state index contributed by atoms with van der Waals surface area (Å²) in [7, 11) is 2.16. The van der Waals surface area contributed by atoms with E-state index in [0.29, 0.717) is 19.2 Å². The molecule has 1 aliphatic heterocycles. The largest absolute Gasteiger partial charge is 0.389 e. The Morgan fingerprint density at radius 3 is 2.62 bits per heavy atom. The first-order valence-electron chi connectivity index (χ1n) is 7.91. The van der Waals surface area contributed by atoms with Crippen LogP contribution in [0.3, 0.4) is 0 Å². The van der Waals surface area contributed by atoms with E-state index in [1.54, 1.807) is 0 Å². The lowest BCUT2D eigenvalue weighted by Crippen LogP contribution is -2.44. The van der Waals surface area contributed by atoms with Gasteiger partial charge < -0.3 is 20.1 Å². The van der Waals surface area contributed by atoms with Crippen molar-refractivity contribution in [1.29, 1.82) is 0 Å². The zero-order chi connectivity index (χ0) is 15.1. The highest BCUT2D eigenvalue weighted by atomic mass is 16.5. The molecule has 0 radical (unpaired) electrons. The highest BCUT2D eigenvalue weighted by Gasteiger charge is 2.17. The average Bonchev–Trinajstić information content (AvgIpc) is 2.53. The average molecular weight is 292 g/mol. The fraction of sp³-hybridized carbons (Fsp3) is 0.647. The van der Waals surface area contributed by atoms with Crippen LogP contribution < -0.4 is 5.32 Å². The molecule has 2 rings (SSSR count). The molecule has 0 bridgehead atoms. The van der Waals surface area contributed by atoms with Crippen molar-refractivity contribution in [3.8, 4) is 0 Å². The van der Waals surface area contributed by atoms with Crippen molar-refractivity contribution < 1.29 is 9.84 Å². The van der Waals surface area contributed by atoms with Crippen LogP contribution in [0.2, 0.25) is 0 Å². The summed E-state index contributed by atoms with van der Waals surface area (Å²) in [5.74, 6) is 0. The van der Waals surface area contributed by atoms with Crippen LogP contribution in [-0.4, -0.2) is 55.4 Å². The van der Waals surface area contributed by atoms with Gasteiger partial charge in [0.25, 0.3) is 0 Å². The number of nitrogens with one attached hydrogen (secondary N) is 1. The molecule has 1 aliphatic rings. The van der Waals surface area contributed by atoms with Crippen LogP contribution >= 0.6 is 0 Å². The maximum atomic E-state index is 10.0. The lowest BCUT2D eigenvalue weighted by atomic mass is 10.1. The minimum Gasteiger partial charge on any atom is -0.389 e. The Kier molecular flexibility index (Phi) is 6.64. The van der Waals surface area contributed by atoms with E-state index in [2.05, 4.69) is 17.3 Å². The van der Waals surface area contributed by atoms with Gasteiger partial charge >= 0.3 is 0 Å². The number of likely N-dealkylation sites (tertiary alicyclic amines) is 1. The van der Waals surface area contributed by atoms with E-state index in [4.69, 9.17) is 4.74 Å². The Morgan fingerprint density at radius 1 is 1.29 bits per heavy atom. The molecule has 0 amide bonds. The molecule has 1 aromatic carbocycles. The first-order valence-corrected chi connectivity index (χ1v) is 7.91. The quantitative estimate of drug-likeness (QED) is 0.804. The molecule has 1 saturated heterocycles. The third-order valence-corrected chi connectivity index (χ3v) is 4.17. The van der Waals surface area contributed by atoms with Gasteiger partial charge in [-0.25, -0.2) is 0 Å². The first kappa shape index (κ1) is 16.4. The molecule has 0 spiro atoms. The van der Waals surface area contributed by atoms with Gasteiger partial charge in [0.1, 0.15) is 0 Å². The topological polar surface area (TPSA) is 44.7 Å². The Labute approximate surface area is 128 Å². The fourth-order valence-electron chi connectivity index (χ4n) is 2.65. The maximum absolute atomic E-state index is 10.0. The first-order chi connectivity index (χ1) is 10.1. The second-order valence-corrected chi connectivity index (χ2v) is 6.03. The second kappa shape index (κ2) is 8.49. The standard InChI is InChI=1S/C17H28N2O2/c1-14(15-6-4-3-5-7-15)21-13-17(20)12-18-16-8-10-19(2)11-9-16/h3-7,14,16-18,20H,8-13H2,1-2H3. The van der Waals surface area contributed by atoms with Gasteiger partial charge in [-0.1, -0.05) is 30.3 Å². The van der Waals surface area contributed by atoms with Crippen LogP contribution in [0.1, 0.15) is 31.4 Å². The van der Waals surface area contributed by atoms with Crippen LogP contribution in [0.15, 0.2) is 30.3 Å². The summed E-state index contributed by atoms with van der Waals surface area (Å²) in [5, 5.41) is 13.5. The Hall–Kier alpha value is -0.940. The van der Waals surface area contributed by atoms with Crippen molar-refractivity contribution in [1.82, 2.24) is 10.2 Å². The summed E-state index contributed by atoms with van der Waals surface area (Å²) >= 11 is 0. The Balaban J connectivity index is 1.62. The van der Waals surface area contributed by atoms with Crippen molar-refractivity contribution >= 4 is 0 Å². The van der Waals surface area contributed by atoms with Gasteiger partial charge in [0.15, 0.2) is 0 Å². The molecular formula is C17H28N2O2. The zero-order valence-corrected chi connectivity index (χ0v) is 13.2. The minimum atomic E-state index is -0.448. The normalized spacial score (nSPS) is 20.3. The van der Waals surface area contributed by atoms with Gasteiger partial charge in [-0.05, 0) is 45.5 Å². The number of hydrogen-bond acceptors (Lipinski definition) is 4. The number of nitrogens with zero attached hydrogens (tertiary/aromatic N) is 1. The van der Waals surface area contributed by atoms with Crippen LogP contribution in [0.4, 0.5) is 0 Å². The summed E-state index contributed by atoms with van der Waals surface area (Å²) in [6.45, 7) is 5.27. The van der Waals surface area contributed by atoms with E-state index in [1.807, 2.05) is 37.3 Å². The molecule has 0 aromatic heterocycles. The minimum absolute atomic E-state index is 0.0178. The number of aliphatic hydroxyl groups excluding tert-OH is 1. The van der Waals surface area contributed by atoms with E-state index >= 15 is 0 Å². The summed E-state index contributed by atoms with van der Waals surface area (Å²) in [5.41, 5.74) is 1.15. The number of hydrogen-bond donors (Lipinski definition) is 2. The Bertz CT molecular complexity index is 391. The summed E-state index contributed by atoms with van der Waals surface area (Å²) in [6.07, 6.45) is 1.88. The van der Waals surface area contributed by atoms with Gasteiger partial charge in [0.2, 0.25) is 0 Å². The number of ether oxygens (including phenoxy) is 1. The predicted molar refractivity (Wildman–Crippen MR) is 85.3 cm³/mol. The van der Waals surface area contributed by atoms with Gasteiger partial charge in [-0.3, -0.25) is 0 Å². The molecule has 2 unspecified atom stereocenters. The number of piperidine rings is 1. The smallest absolute Gasteiger partial charge is 0.0898 e. The molecule has 4 heteroatoms. The highest BCUT2D eigenvalue weighted by molar-refractivity contribution is 5.16. The molecule has 118 valence electrons. The lowest BCUT2D eigenvalue weighted by molar-refractivity contribution is -0.00352. The van der Waals surface area contributed by atoms with Gasteiger partial charge in [-0.15, -0.1) is 0 Å². The second-order valence-electron chi connectivity index (χ2n) is 6.03. The van der Waals surface area contributed by atoms with Crippen molar-refractivity contribution in [2.24, 2.45) is 0 Å². The lowest BCUT2D eigenvalue weighted by Gasteiger charge is -2.30. The number of aliphatic hydroxyl groups is 1. The summed E-state index contributed by atoms with van der Waals surface area (Å²) in [6, 6.07) is 10.6. The van der Waals surface area contributed by atoms with E-state index in [0.717, 1.165) is 31.5 Å². The van der Waals surface area contributed by atoms with E-state index < -0.39 is 6.10 Å². The molecule has 1 heterocycles. The molecule has 2 atom stereocenters. The third kappa shape index (κ3) is 5.75.